The number of benzene rings is 2. The van der Waals surface area contributed by atoms with Crippen LogP contribution in [0.3, 0.4) is 0 Å². The number of methoxy groups -OCH3 is 2. The third-order valence-electron chi connectivity index (χ3n) is 3.46. The lowest BCUT2D eigenvalue weighted by Crippen LogP contribution is -2.14. The molecule has 0 saturated carbocycles. The molecule has 0 unspecified atom stereocenters. The van der Waals surface area contributed by atoms with E-state index in [0.29, 0.717) is 0 Å². The summed E-state index contributed by atoms with van der Waals surface area (Å²) in [5.74, 6) is 1.63. The molecule has 0 aliphatic rings. The lowest BCUT2D eigenvalue weighted by molar-refractivity contribution is 0.395. The quantitative estimate of drug-likeness (QED) is 0.783. The molecule has 0 aliphatic carbocycles. The van der Waals surface area contributed by atoms with E-state index in [1.165, 1.54) is 11.1 Å². The summed E-state index contributed by atoms with van der Waals surface area (Å²) >= 11 is 0. The Balaban J connectivity index is 2.37. The molecule has 0 bridgehead atoms. The number of nitrogens with one attached hydrogen (secondary N) is 1. The molecule has 0 heterocycles. The van der Waals surface area contributed by atoms with Crippen LogP contribution in [0.1, 0.15) is 18.9 Å². The second-order valence-corrected chi connectivity index (χ2v) is 4.90. The fourth-order valence-corrected chi connectivity index (χ4v) is 2.36. The normalized spacial score (nSPS) is 10.4. The zero-order valence-electron chi connectivity index (χ0n) is 13.0. The lowest BCUT2D eigenvalue weighted by Gasteiger charge is -2.14. The summed E-state index contributed by atoms with van der Waals surface area (Å²) in [6.07, 6.45) is 1.13. The van der Waals surface area contributed by atoms with Gasteiger partial charge in [-0.2, -0.15) is 0 Å². The maximum atomic E-state index is 5.52. The van der Waals surface area contributed by atoms with Crippen molar-refractivity contribution < 1.29 is 9.47 Å². The fourth-order valence-electron chi connectivity index (χ4n) is 2.36. The highest BCUT2D eigenvalue weighted by Crippen LogP contribution is 2.35. The van der Waals surface area contributed by atoms with Gasteiger partial charge in [-0.15, -0.1) is 0 Å². The largest absolute Gasteiger partial charge is 0.497 e. The number of ether oxygens (including phenoxy) is 2. The average molecular weight is 285 g/mol. The van der Waals surface area contributed by atoms with Crippen molar-refractivity contribution in [3.63, 3.8) is 0 Å². The Hall–Kier alpha value is -2.00. The molecule has 0 fully saturated rings. The second-order valence-electron chi connectivity index (χ2n) is 4.90. The minimum Gasteiger partial charge on any atom is -0.497 e. The van der Waals surface area contributed by atoms with Gasteiger partial charge in [-0.1, -0.05) is 31.2 Å². The van der Waals surface area contributed by atoms with Gasteiger partial charge in [0.05, 0.1) is 14.2 Å². The van der Waals surface area contributed by atoms with E-state index >= 15 is 0 Å². The van der Waals surface area contributed by atoms with Crippen LogP contribution in [0.25, 0.3) is 11.1 Å². The molecule has 3 heteroatoms. The number of hydrogen-bond donors (Lipinski definition) is 1. The van der Waals surface area contributed by atoms with E-state index in [2.05, 4.69) is 42.6 Å². The Morgan fingerprint density at radius 3 is 2.48 bits per heavy atom. The molecular weight excluding hydrogens is 262 g/mol. The standard InChI is InChI=1S/C18H23NO2/c1-4-11-19-13-14-7-5-6-8-16(14)17-10-9-15(20-2)12-18(17)21-3/h5-10,12,19H,4,11,13H2,1-3H3. The Bertz CT molecular complexity index is 581. The van der Waals surface area contributed by atoms with Crippen LogP contribution < -0.4 is 14.8 Å². The molecule has 3 nitrogen and oxygen atoms in total. The average Bonchev–Trinajstić information content (AvgIpc) is 2.55. The predicted octanol–water partition coefficient (Wildman–Crippen LogP) is 3.87. The van der Waals surface area contributed by atoms with Crippen LogP contribution in [-0.2, 0) is 6.54 Å². The van der Waals surface area contributed by atoms with Gasteiger partial charge in [0.15, 0.2) is 0 Å². The van der Waals surface area contributed by atoms with E-state index in [1.54, 1.807) is 14.2 Å². The molecule has 112 valence electrons. The van der Waals surface area contributed by atoms with Crippen LogP contribution in [0.4, 0.5) is 0 Å². The molecule has 0 aliphatic heterocycles. The first-order valence-corrected chi connectivity index (χ1v) is 7.31. The lowest BCUT2D eigenvalue weighted by atomic mass is 9.98. The topological polar surface area (TPSA) is 30.5 Å². The van der Waals surface area contributed by atoms with E-state index in [9.17, 15) is 0 Å². The van der Waals surface area contributed by atoms with Gasteiger partial charge < -0.3 is 14.8 Å². The maximum Gasteiger partial charge on any atom is 0.130 e. The highest BCUT2D eigenvalue weighted by Gasteiger charge is 2.10. The number of hydrogen-bond acceptors (Lipinski definition) is 3. The summed E-state index contributed by atoms with van der Waals surface area (Å²) in [7, 11) is 3.35. The van der Waals surface area contributed by atoms with Crippen LogP contribution in [0.5, 0.6) is 11.5 Å². The number of rotatable bonds is 7. The van der Waals surface area contributed by atoms with Gasteiger partial charge in [-0.25, -0.2) is 0 Å². The summed E-state index contributed by atoms with van der Waals surface area (Å²) in [6.45, 7) is 4.05. The van der Waals surface area contributed by atoms with Crippen molar-refractivity contribution in [2.24, 2.45) is 0 Å². The second kappa shape index (κ2) is 7.70. The van der Waals surface area contributed by atoms with Crippen molar-refractivity contribution in [2.45, 2.75) is 19.9 Å². The molecule has 0 atom stereocenters. The molecule has 0 aromatic heterocycles. The zero-order chi connectivity index (χ0) is 15.1. The van der Waals surface area contributed by atoms with Crippen LogP contribution in [0, 0.1) is 0 Å². The molecule has 2 rings (SSSR count). The van der Waals surface area contributed by atoms with Gasteiger partial charge in [0.25, 0.3) is 0 Å². The molecule has 2 aromatic carbocycles. The van der Waals surface area contributed by atoms with Gasteiger partial charge in [0.1, 0.15) is 11.5 Å². The van der Waals surface area contributed by atoms with E-state index < -0.39 is 0 Å². The van der Waals surface area contributed by atoms with Crippen molar-refractivity contribution in [3.8, 4) is 22.6 Å². The van der Waals surface area contributed by atoms with E-state index in [1.807, 2.05) is 12.1 Å². The minimum absolute atomic E-state index is 0.803. The van der Waals surface area contributed by atoms with Crippen LogP contribution >= 0.6 is 0 Å². The van der Waals surface area contributed by atoms with E-state index in [4.69, 9.17) is 9.47 Å². The molecular formula is C18H23NO2. The third-order valence-corrected chi connectivity index (χ3v) is 3.46. The predicted molar refractivity (Wildman–Crippen MR) is 87.0 cm³/mol. The van der Waals surface area contributed by atoms with Gasteiger partial charge in [0, 0.05) is 18.2 Å². The maximum absolute atomic E-state index is 5.52. The van der Waals surface area contributed by atoms with Gasteiger partial charge >= 0.3 is 0 Å². The summed E-state index contributed by atoms with van der Waals surface area (Å²) in [5, 5.41) is 3.46. The van der Waals surface area contributed by atoms with E-state index in [-0.39, 0.29) is 0 Å². The summed E-state index contributed by atoms with van der Waals surface area (Å²) in [4.78, 5) is 0. The first-order chi connectivity index (χ1) is 10.3. The van der Waals surface area contributed by atoms with Crippen molar-refractivity contribution in [1.29, 1.82) is 0 Å². The van der Waals surface area contributed by atoms with Crippen molar-refractivity contribution in [1.82, 2.24) is 5.32 Å². The van der Waals surface area contributed by atoms with Crippen LogP contribution in [-0.4, -0.2) is 20.8 Å². The van der Waals surface area contributed by atoms with Crippen molar-refractivity contribution in [3.05, 3.63) is 48.0 Å². The molecule has 0 radical (unpaired) electrons. The van der Waals surface area contributed by atoms with Crippen molar-refractivity contribution in [2.75, 3.05) is 20.8 Å². The minimum atomic E-state index is 0.803. The van der Waals surface area contributed by atoms with Crippen LogP contribution in [0.2, 0.25) is 0 Å². The zero-order valence-corrected chi connectivity index (χ0v) is 13.0. The summed E-state index contributed by atoms with van der Waals surface area (Å²) in [5.41, 5.74) is 3.56. The molecule has 2 aromatic rings. The molecule has 0 spiro atoms. The summed E-state index contributed by atoms with van der Waals surface area (Å²) in [6, 6.07) is 14.4. The molecule has 1 N–H and O–H groups in total. The first-order valence-electron chi connectivity index (χ1n) is 7.31. The van der Waals surface area contributed by atoms with Gasteiger partial charge in [0.2, 0.25) is 0 Å². The van der Waals surface area contributed by atoms with E-state index in [0.717, 1.165) is 36.6 Å². The Labute approximate surface area is 126 Å². The van der Waals surface area contributed by atoms with Gasteiger partial charge in [-0.3, -0.25) is 0 Å². The Morgan fingerprint density at radius 2 is 1.76 bits per heavy atom. The van der Waals surface area contributed by atoms with Gasteiger partial charge in [-0.05, 0) is 36.2 Å². The molecule has 21 heavy (non-hydrogen) atoms. The highest BCUT2D eigenvalue weighted by molar-refractivity contribution is 5.74. The van der Waals surface area contributed by atoms with Crippen molar-refractivity contribution >= 4 is 0 Å². The SMILES string of the molecule is CCCNCc1ccccc1-c1ccc(OC)cc1OC. The Kier molecular flexibility index (Phi) is 5.64. The van der Waals surface area contributed by atoms with Crippen LogP contribution in [0.15, 0.2) is 42.5 Å². The summed E-state index contributed by atoms with van der Waals surface area (Å²) < 4.78 is 10.8. The molecule has 0 amide bonds. The molecule has 0 saturated heterocycles. The fraction of sp³-hybridized carbons (Fsp3) is 0.333. The highest BCUT2D eigenvalue weighted by atomic mass is 16.5. The smallest absolute Gasteiger partial charge is 0.130 e. The monoisotopic (exact) mass is 285 g/mol. The third kappa shape index (κ3) is 3.76. The Morgan fingerprint density at radius 1 is 0.952 bits per heavy atom. The first kappa shape index (κ1) is 15.4.